The van der Waals surface area contributed by atoms with Gasteiger partial charge in [-0.05, 0) is 24.3 Å². The van der Waals surface area contributed by atoms with Crippen molar-refractivity contribution < 1.29 is 0 Å². The molecule has 0 spiro atoms. The van der Waals surface area contributed by atoms with Crippen molar-refractivity contribution in [2.75, 3.05) is 19.0 Å². The number of halogens is 1. The summed E-state index contributed by atoms with van der Waals surface area (Å²) in [5.41, 5.74) is 1.23. The van der Waals surface area contributed by atoms with Crippen molar-refractivity contribution in [3.8, 4) is 0 Å². The van der Waals surface area contributed by atoms with Crippen LogP contribution in [0.15, 0.2) is 28.7 Å². The monoisotopic (exact) mass is 223 g/mol. The minimum Gasteiger partial charge on any atom is -0.378 e. The molecule has 3 heteroatoms. The highest BCUT2D eigenvalue weighted by Crippen LogP contribution is 2.15. The van der Waals surface area contributed by atoms with E-state index < -0.39 is 0 Å². The van der Waals surface area contributed by atoms with Crippen LogP contribution >= 0.6 is 15.9 Å². The third-order valence-electron chi connectivity index (χ3n) is 1.34. The average molecular weight is 224 g/mol. The van der Waals surface area contributed by atoms with E-state index in [0.29, 0.717) is 0 Å². The predicted molar refractivity (Wildman–Crippen MR) is 54.2 cm³/mol. The summed E-state index contributed by atoms with van der Waals surface area (Å²) in [7, 11) is 4.06. The molecule has 0 aliphatic carbocycles. The Morgan fingerprint density at radius 1 is 1.09 bits per heavy atom. The molecule has 0 unspecified atom stereocenters. The molecule has 0 fully saturated rings. The van der Waals surface area contributed by atoms with Crippen molar-refractivity contribution in [2.24, 2.45) is 0 Å². The minimum absolute atomic E-state index is 0. The molecule has 0 aromatic heterocycles. The summed E-state index contributed by atoms with van der Waals surface area (Å²) in [4.78, 5) is 2.08. The van der Waals surface area contributed by atoms with Crippen LogP contribution in [0.25, 0.3) is 0 Å². The summed E-state index contributed by atoms with van der Waals surface area (Å²) in [5.74, 6) is 0. The largest absolute Gasteiger partial charge is 0.378 e. The Morgan fingerprint density at radius 3 is 1.91 bits per heavy atom. The van der Waals surface area contributed by atoms with Crippen LogP contribution in [-0.4, -0.2) is 37.1 Å². The van der Waals surface area contributed by atoms with Gasteiger partial charge in [0.05, 0.1) is 0 Å². The van der Waals surface area contributed by atoms with Gasteiger partial charge in [0.2, 0.25) is 0 Å². The second kappa shape index (κ2) is 5.01. The minimum atomic E-state index is 0. The first-order valence-electron chi connectivity index (χ1n) is 3.13. The predicted octanol–water partition coefficient (Wildman–Crippen LogP) is 2.13. The number of rotatable bonds is 1. The number of nitrogens with zero attached hydrogens (tertiary/aromatic N) is 1. The molecule has 0 N–H and O–H groups in total. The first-order chi connectivity index (χ1) is 4.70. The fraction of sp³-hybridized carbons (Fsp3) is 0.250. The van der Waals surface area contributed by atoms with Crippen LogP contribution in [0.4, 0.5) is 5.69 Å². The number of hydrogen-bond donors (Lipinski definition) is 0. The fourth-order valence-electron chi connectivity index (χ4n) is 0.739. The van der Waals surface area contributed by atoms with Crippen molar-refractivity contribution in [3.63, 3.8) is 0 Å². The van der Waals surface area contributed by atoms with Crippen LogP contribution in [0, 0.1) is 0 Å². The Kier molecular flexibility index (Phi) is 5.13. The van der Waals surface area contributed by atoms with E-state index in [1.807, 2.05) is 26.2 Å². The molecule has 11 heavy (non-hydrogen) atoms. The van der Waals surface area contributed by atoms with Crippen molar-refractivity contribution in [2.45, 2.75) is 0 Å². The maximum Gasteiger partial charge on any atom is 0.0361 e. The third-order valence-corrected chi connectivity index (χ3v) is 1.87. The standard InChI is InChI=1S/C8H10BrN.Mg/c1-10(2)8-5-3-7(9)4-6-8;/h3-6H,1-2H3;. The van der Waals surface area contributed by atoms with E-state index in [9.17, 15) is 0 Å². The Morgan fingerprint density at radius 2 is 1.55 bits per heavy atom. The van der Waals surface area contributed by atoms with Crippen molar-refractivity contribution in [1.29, 1.82) is 0 Å². The lowest BCUT2D eigenvalue weighted by atomic mass is 10.3. The van der Waals surface area contributed by atoms with Crippen LogP contribution < -0.4 is 4.90 Å². The van der Waals surface area contributed by atoms with E-state index in [-0.39, 0.29) is 23.1 Å². The molecular formula is C8H10BrMgN. The van der Waals surface area contributed by atoms with Gasteiger partial charge in [-0.2, -0.15) is 0 Å². The fourth-order valence-corrected chi connectivity index (χ4v) is 1.00. The van der Waals surface area contributed by atoms with Gasteiger partial charge in [-0.25, -0.2) is 0 Å². The first kappa shape index (κ1) is 11.3. The molecule has 0 bridgehead atoms. The van der Waals surface area contributed by atoms with Gasteiger partial charge in [0.15, 0.2) is 0 Å². The number of hydrogen-bond acceptors (Lipinski definition) is 1. The van der Waals surface area contributed by atoms with E-state index >= 15 is 0 Å². The van der Waals surface area contributed by atoms with E-state index in [4.69, 9.17) is 0 Å². The first-order valence-corrected chi connectivity index (χ1v) is 3.92. The summed E-state index contributed by atoms with van der Waals surface area (Å²) in [6, 6.07) is 8.22. The normalized spacial score (nSPS) is 8.64. The summed E-state index contributed by atoms with van der Waals surface area (Å²) in [5, 5.41) is 0. The molecule has 1 aromatic rings. The highest BCUT2D eigenvalue weighted by Gasteiger charge is 1.91. The zero-order chi connectivity index (χ0) is 7.56. The van der Waals surface area contributed by atoms with E-state index in [1.165, 1.54) is 5.69 Å². The third kappa shape index (κ3) is 3.45. The van der Waals surface area contributed by atoms with Gasteiger partial charge in [0, 0.05) is 47.3 Å². The lowest BCUT2D eigenvalue weighted by molar-refractivity contribution is 1.13. The molecule has 2 radical (unpaired) electrons. The molecule has 0 aliphatic heterocycles. The maximum atomic E-state index is 3.38. The summed E-state index contributed by atoms with van der Waals surface area (Å²) in [6.07, 6.45) is 0. The van der Waals surface area contributed by atoms with Crippen molar-refractivity contribution >= 4 is 44.7 Å². The van der Waals surface area contributed by atoms with Gasteiger partial charge in [-0.15, -0.1) is 0 Å². The van der Waals surface area contributed by atoms with Crippen LogP contribution in [0.1, 0.15) is 0 Å². The second-order valence-corrected chi connectivity index (χ2v) is 3.29. The van der Waals surface area contributed by atoms with E-state index in [1.54, 1.807) is 0 Å². The van der Waals surface area contributed by atoms with Gasteiger partial charge < -0.3 is 4.90 Å². The Hall–Kier alpha value is 0.266. The van der Waals surface area contributed by atoms with E-state index in [0.717, 1.165) is 4.47 Å². The molecule has 0 heterocycles. The molecule has 0 saturated heterocycles. The van der Waals surface area contributed by atoms with Crippen molar-refractivity contribution in [1.82, 2.24) is 0 Å². The molecule has 0 saturated carbocycles. The highest BCUT2D eigenvalue weighted by molar-refractivity contribution is 9.10. The molecule has 0 atom stereocenters. The lowest BCUT2D eigenvalue weighted by Crippen LogP contribution is -2.07. The van der Waals surface area contributed by atoms with Crippen LogP contribution in [0.3, 0.4) is 0 Å². The Labute approximate surface area is 92.1 Å². The lowest BCUT2D eigenvalue weighted by Gasteiger charge is -2.11. The molecule has 0 aliphatic rings. The average Bonchev–Trinajstić information content (AvgIpc) is 1.88. The van der Waals surface area contributed by atoms with Gasteiger partial charge in [0.25, 0.3) is 0 Å². The van der Waals surface area contributed by atoms with Crippen molar-refractivity contribution in [3.05, 3.63) is 28.7 Å². The zero-order valence-electron chi connectivity index (χ0n) is 6.84. The summed E-state index contributed by atoms with van der Waals surface area (Å²) in [6.45, 7) is 0. The molecule has 1 aromatic carbocycles. The van der Waals surface area contributed by atoms with Gasteiger partial charge in [0.1, 0.15) is 0 Å². The van der Waals surface area contributed by atoms with Gasteiger partial charge in [-0.1, -0.05) is 15.9 Å². The SMILES string of the molecule is CN(C)c1ccc(Br)cc1.[Mg]. The number of benzene rings is 1. The maximum absolute atomic E-state index is 3.38. The quantitative estimate of drug-likeness (QED) is 0.661. The van der Waals surface area contributed by atoms with Gasteiger partial charge >= 0.3 is 0 Å². The molecule has 0 amide bonds. The molecule has 1 nitrogen and oxygen atoms in total. The Balaban J connectivity index is 0.000001000. The highest BCUT2D eigenvalue weighted by atomic mass is 79.9. The van der Waals surface area contributed by atoms with Crippen LogP contribution in [-0.2, 0) is 0 Å². The van der Waals surface area contributed by atoms with Gasteiger partial charge in [-0.3, -0.25) is 0 Å². The molecular weight excluding hydrogens is 214 g/mol. The smallest absolute Gasteiger partial charge is 0.0361 e. The Bertz CT molecular complexity index is 208. The van der Waals surface area contributed by atoms with E-state index in [2.05, 4.69) is 33.0 Å². The molecule has 1 rings (SSSR count). The number of anilines is 1. The van der Waals surface area contributed by atoms with Crippen LogP contribution in [0.2, 0.25) is 0 Å². The van der Waals surface area contributed by atoms with Crippen LogP contribution in [0.5, 0.6) is 0 Å². The summed E-state index contributed by atoms with van der Waals surface area (Å²) >= 11 is 3.38. The summed E-state index contributed by atoms with van der Waals surface area (Å²) < 4.78 is 1.12. The zero-order valence-corrected chi connectivity index (χ0v) is 9.84. The topological polar surface area (TPSA) is 3.24 Å². The second-order valence-electron chi connectivity index (χ2n) is 2.37. The molecule has 56 valence electrons.